The fraction of sp³-hybridized carbons (Fsp3) is 0.571. The summed E-state index contributed by atoms with van der Waals surface area (Å²) in [6.45, 7) is 6.34. The monoisotopic (exact) mass is 286 g/mol. The Balaban J connectivity index is 4.11. The van der Waals surface area contributed by atoms with Crippen LogP contribution in [0.3, 0.4) is 0 Å². The van der Waals surface area contributed by atoms with Crippen molar-refractivity contribution in [3.05, 3.63) is 23.8 Å². The molecule has 0 aliphatic rings. The zero-order valence-electron chi connectivity index (χ0n) is 11.9. The number of rotatable bonds is 8. The fourth-order valence-corrected chi connectivity index (χ4v) is 1.29. The lowest BCUT2D eigenvalue weighted by molar-refractivity contribution is -0.252. The maximum absolute atomic E-state index is 11.4. The highest BCUT2D eigenvalue weighted by atomic mass is 17.2. The molecule has 6 nitrogen and oxygen atoms in total. The van der Waals surface area contributed by atoms with Crippen molar-refractivity contribution in [1.82, 2.24) is 0 Å². The molecule has 0 aromatic carbocycles. The third-order valence-electron chi connectivity index (χ3n) is 2.46. The first-order chi connectivity index (χ1) is 9.38. The molecule has 1 unspecified atom stereocenters. The molecule has 20 heavy (non-hydrogen) atoms. The van der Waals surface area contributed by atoms with Crippen LogP contribution >= 0.6 is 0 Å². The Kier molecular flexibility index (Phi) is 9.32. The molecule has 0 amide bonds. The minimum absolute atomic E-state index is 0.114. The lowest BCUT2D eigenvalue weighted by Gasteiger charge is -2.07. The van der Waals surface area contributed by atoms with Crippen LogP contribution in [0.25, 0.3) is 0 Å². The Morgan fingerprint density at radius 2 is 1.75 bits per heavy atom. The molecule has 0 fully saturated rings. The van der Waals surface area contributed by atoms with Gasteiger partial charge in [-0.15, -0.1) is 0 Å². The largest absolute Gasteiger partial charge is 0.396 e. The molecule has 0 aromatic rings. The first-order valence-electron chi connectivity index (χ1n) is 6.44. The van der Waals surface area contributed by atoms with Crippen molar-refractivity contribution >= 4 is 11.9 Å². The van der Waals surface area contributed by atoms with Crippen molar-refractivity contribution in [3.8, 4) is 0 Å². The average Bonchev–Trinajstić information content (AvgIpc) is 2.40. The third kappa shape index (κ3) is 8.44. The molecule has 114 valence electrons. The van der Waals surface area contributed by atoms with E-state index in [-0.39, 0.29) is 17.8 Å². The molecule has 0 aromatic heterocycles. The fourth-order valence-electron chi connectivity index (χ4n) is 1.29. The van der Waals surface area contributed by atoms with Gasteiger partial charge in [0.25, 0.3) is 0 Å². The van der Waals surface area contributed by atoms with Gasteiger partial charge in [0.1, 0.15) is 0 Å². The molecule has 0 radical (unpaired) electrons. The summed E-state index contributed by atoms with van der Waals surface area (Å²) in [4.78, 5) is 31.0. The molecule has 1 atom stereocenters. The van der Waals surface area contributed by atoms with Gasteiger partial charge in [0.15, 0.2) is 0 Å². The summed E-state index contributed by atoms with van der Waals surface area (Å²) in [6.07, 6.45) is 3.28. The van der Waals surface area contributed by atoms with E-state index in [1.165, 1.54) is 19.9 Å². The molecule has 0 bridgehead atoms. The van der Waals surface area contributed by atoms with E-state index >= 15 is 0 Å². The first kappa shape index (κ1) is 18.3. The summed E-state index contributed by atoms with van der Waals surface area (Å²) in [7, 11) is 0. The van der Waals surface area contributed by atoms with E-state index in [1.54, 1.807) is 0 Å². The standard InChI is InChI=1S/C14H22O6/c1-10(2)13(17)19-20-14(18)11(3)9-12(16)7-5-4-6-8-15/h9,12,15-16H,1,4-8H2,2-3H3/b11-9+. The molecule has 2 N–H and O–H groups in total. The van der Waals surface area contributed by atoms with E-state index in [2.05, 4.69) is 16.4 Å². The molecular formula is C14H22O6. The second-order valence-electron chi connectivity index (χ2n) is 4.51. The summed E-state index contributed by atoms with van der Waals surface area (Å²) in [5, 5.41) is 18.3. The Hall–Kier alpha value is -1.66. The third-order valence-corrected chi connectivity index (χ3v) is 2.46. The van der Waals surface area contributed by atoms with Gasteiger partial charge in [-0.25, -0.2) is 19.4 Å². The number of hydrogen-bond acceptors (Lipinski definition) is 6. The SMILES string of the molecule is C=C(C)C(=O)OOC(=O)/C(C)=C/C(O)CCCCCO. The minimum Gasteiger partial charge on any atom is -0.396 e. The van der Waals surface area contributed by atoms with Crippen molar-refractivity contribution in [2.45, 2.75) is 45.6 Å². The Morgan fingerprint density at radius 3 is 2.30 bits per heavy atom. The van der Waals surface area contributed by atoms with Crippen LogP contribution in [-0.2, 0) is 19.4 Å². The van der Waals surface area contributed by atoms with Gasteiger partial charge in [0.05, 0.1) is 6.10 Å². The maximum atomic E-state index is 11.4. The van der Waals surface area contributed by atoms with E-state index in [1.807, 2.05) is 0 Å². The van der Waals surface area contributed by atoms with Crippen LogP contribution in [0.4, 0.5) is 0 Å². The van der Waals surface area contributed by atoms with Crippen molar-refractivity contribution < 1.29 is 29.6 Å². The summed E-state index contributed by atoms with van der Waals surface area (Å²) in [6, 6.07) is 0. The predicted molar refractivity (Wildman–Crippen MR) is 72.3 cm³/mol. The van der Waals surface area contributed by atoms with Crippen molar-refractivity contribution in [3.63, 3.8) is 0 Å². The Labute approximate surface area is 118 Å². The maximum Gasteiger partial charge on any atom is 0.381 e. The zero-order chi connectivity index (χ0) is 15.5. The predicted octanol–water partition coefficient (Wildman–Crippen LogP) is 1.42. The second-order valence-corrected chi connectivity index (χ2v) is 4.51. The van der Waals surface area contributed by atoms with E-state index in [0.29, 0.717) is 12.8 Å². The van der Waals surface area contributed by atoms with Crippen LogP contribution in [0, 0.1) is 0 Å². The number of hydrogen-bond donors (Lipinski definition) is 2. The lowest BCUT2D eigenvalue weighted by atomic mass is 10.1. The van der Waals surface area contributed by atoms with Crippen LogP contribution in [0.5, 0.6) is 0 Å². The van der Waals surface area contributed by atoms with Gasteiger partial charge in [0, 0.05) is 17.8 Å². The molecule has 0 saturated heterocycles. The minimum atomic E-state index is -0.839. The van der Waals surface area contributed by atoms with Gasteiger partial charge in [0.2, 0.25) is 0 Å². The van der Waals surface area contributed by atoms with Gasteiger partial charge >= 0.3 is 11.9 Å². The number of unbranched alkanes of at least 4 members (excludes halogenated alkanes) is 2. The smallest absolute Gasteiger partial charge is 0.381 e. The molecule has 0 saturated carbocycles. The highest BCUT2D eigenvalue weighted by Crippen LogP contribution is 2.08. The molecule has 0 rings (SSSR count). The average molecular weight is 286 g/mol. The van der Waals surface area contributed by atoms with Crippen molar-refractivity contribution in [2.24, 2.45) is 0 Å². The number of aliphatic hydroxyl groups excluding tert-OH is 2. The van der Waals surface area contributed by atoms with Gasteiger partial charge in [-0.05, 0) is 32.8 Å². The molecule has 0 spiro atoms. The van der Waals surface area contributed by atoms with Crippen LogP contribution in [0.15, 0.2) is 23.8 Å². The second kappa shape index (κ2) is 10.2. The first-order valence-corrected chi connectivity index (χ1v) is 6.44. The van der Waals surface area contributed by atoms with Crippen LogP contribution in [0.2, 0.25) is 0 Å². The van der Waals surface area contributed by atoms with E-state index in [4.69, 9.17) is 5.11 Å². The quantitative estimate of drug-likeness (QED) is 0.303. The highest BCUT2D eigenvalue weighted by Gasteiger charge is 2.13. The van der Waals surface area contributed by atoms with Gasteiger partial charge in [-0.2, -0.15) is 0 Å². The van der Waals surface area contributed by atoms with Gasteiger partial charge in [-0.1, -0.05) is 19.4 Å². The normalized spacial score (nSPS) is 12.7. The summed E-state index contributed by atoms with van der Waals surface area (Å²) >= 11 is 0. The van der Waals surface area contributed by atoms with E-state index in [0.717, 1.165) is 12.8 Å². The van der Waals surface area contributed by atoms with Crippen molar-refractivity contribution in [2.75, 3.05) is 6.61 Å². The summed E-state index contributed by atoms with van der Waals surface area (Å²) in [5.41, 5.74) is 0.262. The molecular weight excluding hydrogens is 264 g/mol. The molecule has 0 aliphatic heterocycles. The Morgan fingerprint density at radius 1 is 1.15 bits per heavy atom. The van der Waals surface area contributed by atoms with Crippen molar-refractivity contribution in [1.29, 1.82) is 0 Å². The van der Waals surface area contributed by atoms with Crippen LogP contribution < -0.4 is 0 Å². The number of carbonyl (C=O) groups is 2. The number of aliphatic hydroxyl groups is 2. The number of carbonyl (C=O) groups excluding carboxylic acids is 2. The zero-order valence-corrected chi connectivity index (χ0v) is 11.9. The van der Waals surface area contributed by atoms with Gasteiger partial charge < -0.3 is 10.2 Å². The van der Waals surface area contributed by atoms with Crippen LogP contribution in [-0.4, -0.2) is 34.9 Å². The molecule has 0 aliphatic carbocycles. The summed E-state index contributed by atoms with van der Waals surface area (Å²) in [5.74, 6) is -1.66. The summed E-state index contributed by atoms with van der Waals surface area (Å²) < 4.78 is 0. The van der Waals surface area contributed by atoms with E-state index in [9.17, 15) is 14.7 Å². The topological polar surface area (TPSA) is 93.1 Å². The van der Waals surface area contributed by atoms with E-state index < -0.39 is 18.0 Å². The van der Waals surface area contributed by atoms with Crippen LogP contribution in [0.1, 0.15) is 39.5 Å². The van der Waals surface area contributed by atoms with Gasteiger partial charge in [-0.3, -0.25) is 0 Å². The lowest BCUT2D eigenvalue weighted by Crippen LogP contribution is -2.14. The molecule has 6 heteroatoms. The highest BCUT2D eigenvalue weighted by molar-refractivity contribution is 5.90. The molecule has 0 heterocycles. The Bertz CT molecular complexity index is 372.